The van der Waals surface area contributed by atoms with Crippen LogP contribution in [-0.4, -0.2) is 34.1 Å². The Balaban J connectivity index is 2.05. The maximum Gasteiger partial charge on any atom is 0.306 e. The van der Waals surface area contributed by atoms with Crippen LogP contribution in [0.4, 0.5) is 11.8 Å². The van der Waals surface area contributed by atoms with Crippen LogP contribution in [0.3, 0.4) is 0 Å². The van der Waals surface area contributed by atoms with Crippen molar-refractivity contribution in [3.8, 4) is 0 Å². The normalized spacial score (nSPS) is 17.1. The lowest BCUT2D eigenvalue weighted by Crippen LogP contribution is -2.37. The second kappa shape index (κ2) is 4.57. The van der Waals surface area contributed by atoms with E-state index in [1.807, 2.05) is 11.8 Å². The topological polar surface area (TPSA) is 92.3 Å². The molecule has 92 valence electrons. The third-order valence-electron chi connectivity index (χ3n) is 3.13. The summed E-state index contributed by atoms with van der Waals surface area (Å²) in [5, 5.41) is 8.91. The lowest BCUT2D eigenvalue weighted by molar-refractivity contribution is -0.142. The first-order valence-corrected chi connectivity index (χ1v) is 5.65. The molecule has 0 atom stereocenters. The van der Waals surface area contributed by atoms with Gasteiger partial charge in [0.25, 0.3) is 0 Å². The largest absolute Gasteiger partial charge is 0.481 e. The molecular formula is C11H16N4O2. The van der Waals surface area contributed by atoms with E-state index in [-0.39, 0.29) is 5.92 Å². The Hall–Kier alpha value is -1.85. The predicted octanol–water partition coefficient (Wildman–Crippen LogP) is 0.668. The van der Waals surface area contributed by atoms with Crippen LogP contribution in [0.15, 0.2) is 6.20 Å². The minimum atomic E-state index is -0.714. The van der Waals surface area contributed by atoms with Crippen molar-refractivity contribution in [1.82, 2.24) is 9.97 Å². The Labute approximate surface area is 99.5 Å². The number of aliphatic carboxylic acids is 1. The summed E-state index contributed by atoms with van der Waals surface area (Å²) < 4.78 is 0. The smallest absolute Gasteiger partial charge is 0.306 e. The Morgan fingerprint density at radius 2 is 2.18 bits per heavy atom. The van der Waals surface area contributed by atoms with Crippen LogP contribution in [0.2, 0.25) is 0 Å². The Bertz CT molecular complexity index is 427. The minimum absolute atomic E-state index is 0.242. The highest BCUT2D eigenvalue weighted by molar-refractivity contribution is 5.70. The molecule has 3 N–H and O–H groups in total. The predicted molar refractivity (Wildman–Crippen MR) is 63.8 cm³/mol. The molecule has 0 bridgehead atoms. The quantitative estimate of drug-likeness (QED) is 0.784. The molecule has 17 heavy (non-hydrogen) atoms. The minimum Gasteiger partial charge on any atom is -0.481 e. The number of carboxylic acid groups (broad SMARTS) is 1. The van der Waals surface area contributed by atoms with E-state index >= 15 is 0 Å². The highest BCUT2D eigenvalue weighted by atomic mass is 16.4. The van der Waals surface area contributed by atoms with E-state index in [1.54, 1.807) is 6.20 Å². The van der Waals surface area contributed by atoms with E-state index in [1.165, 1.54) is 0 Å². The van der Waals surface area contributed by atoms with Gasteiger partial charge in [-0.15, -0.1) is 0 Å². The number of carbonyl (C=O) groups is 1. The summed E-state index contributed by atoms with van der Waals surface area (Å²) in [6, 6.07) is 0. The number of aromatic nitrogens is 2. The van der Waals surface area contributed by atoms with E-state index in [2.05, 4.69) is 9.97 Å². The van der Waals surface area contributed by atoms with Gasteiger partial charge in [0.05, 0.1) is 5.92 Å². The molecule has 1 saturated heterocycles. The van der Waals surface area contributed by atoms with Gasteiger partial charge in [0, 0.05) is 24.8 Å². The van der Waals surface area contributed by atoms with Crippen LogP contribution in [-0.2, 0) is 4.79 Å². The van der Waals surface area contributed by atoms with Gasteiger partial charge >= 0.3 is 5.97 Å². The number of anilines is 2. The van der Waals surface area contributed by atoms with Crippen LogP contribution in [0, 0.1) is 12.8 Å². The van der Waals surface area contributed by atoms with Crippen LogP contribution in [0.25, 0.3) is 0 Å². The summed E-state index contributed by atoms with van der Waals surface area (Å²) in [5.74, 6) is 0.121. The average Bonchev–Trinajstić information content (AvgIpc) is 2.33. The summed E-state index contributed by atoms with van der Waals surface area (Å²) in [7, 11) is 0. The van der Waals surface area contributed by atoms with E-state index in [0.29, 0.717) is 37.7 Å². The van der Waals surface area contributed by atoms with Crippen LogP contribution >= 0.6 is 0 Å². The van der Waals surface area contributed by atoms with E-state index in [9.17, 15) is 4.79 Å². The summed E-state index contributed by atoms with van der Waals surface area (Å²) in [4.78, 5) is 21.2. The molecule has 2 rings (SSSR count). The number of nitrogen functional groups attached to an aromatic ring is 1. The molecule has 0 saturated carbocycles. The first-order chi connectivity index (χ1) is 8.08. The van der Waals surface area contributed by atoms with Crippen molar-refractivity contribution in [1.29, 1.82) is 0 Å². The number of nitrogens with zero attached hydrogens (tertiary/aromatic N) is 3. The number of hydrogen-bond acceptors (Lipinski definition) is 5. The van der Waals surface area contributed by atoms with Gasteiger partial charge in [-0.2, -0.15) is 4.98 Å². The molecule has 1 aliphatic rings. The molecule has 0 spiro atoms. The zero-order valence-electron chi connectivity index (χ0n) is 9.76. The zero-order valence-corrected chi connectivity index (χ0v) is 9.76. The van der Waals surface area contributed by atoms with Crippen molar-refractivity contribution in [2.45, 2.75) is 19.8 Å². The lowest BCUT2D eigenvalue weighted by Gasteiger charge is -2.30. The van der Waals surface area contributed by atoms with Gasteiger partial charge in [0.15, 0.2) is 0 Å². The second-order valence-corrected chi connectivity index (χ2v) is 4.34. The summed E-state index contributed by atoms with van der Waals surface area (Å²) in [6.07, 6.45) is 2.96. The fraction of sp³-hybridized carbons (Fsp3) is 0.545. The number of piperidine rings is 1. The fourth-order valence-corrected chi connectivity index (χ4v) is 1.92. The first kappa shape index (κ1) is 11.6. The molecule has 0 aliphatic carbocycles. The molecular weight excluding hydrogens is 220 g/mol. The molecule has 0 unspecified atom stereocenters. The van der Waals surface area contributed by atoms with E-state index in [4.69, 9.17) is 10.8 Å². The number of aryl methyl sites for hydroxylation is 1. The monoisotopic (exact) mass is 236 g/mol. The molecule has 0 amide bonds. The van der Waals surface area contributed by atoms with E-state index < -0.39 is 5.97 Å². The number of carboxylic acids is 1. The van der Waals surface area contributed by atoms with Gasteiger partial charge in [-0.05, 0) is 19.8 Å². The highest BCUT2D eigenvalue weighted by Gasteiger charge is 2.25. The lowest BCUT2D eigenvalue weighted by atomic mass is 9.97. The highest BCUT2D eigenvalue weighted by Crippen LogP contribution is 2.21. The maximum absolute atomic E-state index is 10.8. The van der Waals surface area contributed by atoms with Gasteiger partial charge in [-0.25, -0.2) is 4.98 Å². The zero-order chi connectivity index (χ0) is 12.4. The molecule has 0 aromatic carbocycles. The van der Waals surface area contributed by atoms with Gasteiger partial charge in [0.2, 0.25) is 5.95 Å². The van der Waals surface area contributed by atoms with E-state index in [0.717, 1.165) is 5.56 Å². The molecule has 1 fully saturated rings. The summed E-state index contributed by atoms with van der Waals surface area (Å²) in [6.45, 7) is 3.19. The van der Waals surface area contributed by atoms with Crippen LogP contribution in [0.5, 0.6) is 0 Å². The van der Waals surface area contributed by atoms with Crippen molar-refractivity contribution >= 4 is 17.7 Å². The first-order valence-electron chi connectivity index (χ1n) is 5.65. The van der Waals surface area contributed by atoms with Gasteiger partial charge in [-0.3, -0.25) is 4.79 Å². The van der Waals surface area contributed by atoms with Gasteiger partial charge in [0.1, 0.15) is 5.82 Å². The maximum atomic E-state index is 10.8. The molecule has 6 nitrogen and oxygen atoms in total. The van der Waals surface area contributed by atoms with Crippen molar-refractivity contribution < 1.29 is 9.90 Å². The van der Waals surface area contributed by atoms with Gasteiger partial charge in [-0.1, -0.05) is 0 Å². The fourth-order valence-electron chi connectivity index (χ4n) is 1.92. The number of hydrogen-bond donors (Lipinski definition) is 2. The molecule has 1 aromatic heterocycles. The Morgan fingerprint density at radius 3 is 2.71 bits per heavy atom. The molecule has 1 aliphatic heterocycles. The van der Waals surface area contributed by atoms with Crippen LogP contribution in [0.1, 0.15) is 18.4 Å². The molecule has 0 radical (unpaired) electrons. The second-order valence-electron chi connectivity index (χ2n) is 4.34. The Kier molecular flexibility index (Phi) is 3.12. The number of rotatable bonds is 2. The van der Waals surface area contributed by atoms with Crippen molar-refractivity contribution in [2.75, 3.05) is 23.7 Å². The average molecular weight is 236 g/mol. The Morgan fingerprint density at radius 1 is 1.53 bits per heavy atom. The SMILES string of the molecule is Cc1cnc(N2CCC(C(=O)O)CC2)nc1N. The molecule has 1 aromatic rings. The van der Waals surface area contributed by atoms with Crippen LogP contribution < -0.4 is 10.6 Å². The van der Waals surface area contributed by atoms with Crippen molar-refractivity contribution in [2.24, 2.45) is 5.92 Å². The number of nitrogens with two attached hydrogens (primary N) is 1. The van der Waals surface area contributed by atoms with Gasteiger partial charge < -0.3 is 15.7 Å². The third-order valence-corrected chi connectivity index (χ3v) is 3.13. The van der Waals surface area contributed by atoms with Crippen molar-refractivity contribution in [3.63, 3.8) is 0 Å². The summed E-state index contributed by atoms with van der Waals surface area (Å²) >= 11 is 0. The van der Waals surface area contributed by atoms with Crippen molar-refractivity contribution in [3.05, 3.63) is 11.8 Å². The summed E-state index contributed by atoms with van der Waals surface area (Å²) in [5.41, 5.74) is 6.59. The molecule has 6 heteroatoms. The standard InChI is InChI=1S/C11H16N4O2/c1-7-6-13-11(14-9(7)12)15-4-2-8(3-5-15)10(16)17/h6,8H,2-5H2,1H3,(H,16,17)(H2,12,13,14). The third kappa shape index (κ3) is 2.46. The molecule has 2 heterocycles.